The maximum Gasteiger partial charge on any atom is 0.187 e. The van der Waals surface area contributed by atoms with E-state index in [0.717, 1.165) is 16.7 Å². The van der Waals surface area contributed by atoms with E-state index in [1.807, 2.05) is 24.3 Å². The predicted molar refractivity (Wildman–Crippen MR) is 112 cm³/mol. The van der Waals surface area contributed by atoms with Crippen molar-refractivity contribution in [2.24, 2.45) is 21.2 Å². The number of pyridine rings is 1. The minimum Gasteiger partial charge on any atom is -0.392 e. The van der Waals surface area contributed by atoms with Gasteiger partial charge in [-0.1, -0.05) is 58.8 Å². The average molecular weight is 415 g/mol. The second-order valence-corrected chi connectivity index (χ2v) is 6.52. The highest BCUT2D eigenvalue weighted by Crippen LogP contribution is 2.33. The van der Waals surface area contributed by atoms with Crippen molar-refractivity contribution in [3.05, 3.63) is 75.9 Å². The zero-order chi connectivity index (χ0) is 20.1. The van der Waals surface area contributed by atoms with Crippen LogP contribution in [0.2, 0.25) is 10.0 Å². The third kappa shape index (κ3) is 4.28. The number of amidine groups is 1. The largest absolute Gasteiger partial charge is 0.392 e. The van der Waals surface area contributed by atoms with Crippen molar-refractivity contribution >= 4 is 40.5 Å². The summed E-state index contributed by atoms with van der Waals surface area (Å²) < 4.78 is 0. The average Bonchev–Trinajstić information content (AvgIpc) is 2.71. The molecule has 2 aromatic carbocycles. The molecule has 1 aromatic heterocycles. The Kier molecular flexibility index (Phi) is 6.20. The number of benzene rings is 2. The molecule has 7 nitrogen and oxygen atoms in total. The van der Waals surface area contributed by atoms with Gasteiger partial charge in [0.15, 0.2) is 5.84 Å². The molecule has 0 amide bonds. The van der Waals surface area contributed by atoms with E-state index in [9.17, 15) is 5.11 Å². The molecule has 0 aliphatic rings. The van der Waals surface area contributed by atoms with Crippen molar-refractivity contribution in [2.75, 3.05) is 5.73 Å². The van der Waals surface area contributed by atoms with Gasteiger partial charge in [0.25, 0.3) is 0 Å². The first-order valence-electron chi connectivity index (χ1n) is 8.13. The van der Waals surface area contributed by atoms with Crippen LogP contribution in [0.3, 0.4) is 0 Å². The summed E-state index contributed by atoms with van der Waals surface area (Å²) in [6, 6.07) is 14.2. The molecule has 0 saturated heterocycles. The molecule has 3 rings (SSSR count). The van der Waals surface area contributed by atoms with Crippen LogP contribution in [-0.4, -0.2) is 15.9 Å². The molecule has 0 bridgehead atoms. The van der Waals surface area contributed by atoms with Crippen LogP contribution in [0.5, 0.6) is 0 Å². The van der Waals surface area contributed by atoms with Crippen LogP contribution < -0.4 is 11.6 Å². The van der Waals surface area contributed by atoms with Crippen molar-refractivity contribution < 1.29 is 5.11 Å². The number of halogens is 2. The first kappa shape index (κ1) is 19.8. The number of aliphatic hydroxyl groups excluding tert-OH is 1. The molecule has 5 N–H and O–H groups in total. The monoisotopic (exact) mass is 414 g/mol. The molecule has 0 unspecified atom stereocenters. The fraction of sp³-hybridized carbons (Fsp3) is 0.0526. The van der Waals surface area contributed by atoms with Crippen LogP contribution in [-0.2, 0) is 6.61 Å². The van der Waals surface area contributed by atoms with Crippen LogP contribution in [0.1, 0.15) is 11.1 Å². The first-order chi connectivity index (χ1) is 13.5. The van der Waals surface area contributed by atoms with Crippen molar-refractivity contribution in [1.29, 1.82) is 0 Å². The summed E-state index contributed by atoms with van der Waals surface area (Å²) in [4.78, 5) is 8.64. The van der Waals surface area contributed by atoms with Gasteiger partial charge in [-0.15, -0.1) is 5.11 Å². The Hall–Kier alpha value is -3.00. The lowest BCUT2D eigenvalue weighted by Gasteiger charge is -2.09. The summed E-state index contributed by atoms with van der Waals surface area (Å²) in [5.41, 5.74) is 9.35. The third-order valence-electron chi connectivity index (χ3n) is 3.94. The molecule has 0 saturated carbocycles. The minimum absolute atomic E-state index is 0.0282. The Bertz CT molecular complexity index is 1050. The van der Waals surface area contributed by atoms with Gasteiger partial charge in [0.2, 0.25) is 0 Å². The molecule has 9 heteroatoms. The lowest BCUT2D eigenvalue weighted by molar-refractivity contribution is 0.282. The summed E-state index contributed by atoms with van der Waals surface area (Å²) >= 11 is 12.3. The van der Waals surface area contributed by atoms with E-state index in [0.29, 0.717) is 16.3 Å². The third-order valence-corrected chi connectivity index (χ3v) is 4.75. The van der Waals surface area contributed by atoms with Gasteiger partial charge >= 0.3 is 0 Å². The van der Waals surface area contributed by atoms with E-state index in [2.05, 4.69) is 20.3 Å². The van der Waals surface area contributed by atoms with Crippen molar-refractivity contribution in [2.45, 2.75) is 6.61 Å². The molecule has 1 heterocycles. The molecular weight excluding hydrogens is 399 g/mol. The Morgan fingerprint density at radius 1 is 1.07 bits per heavy atom. The number of hydrogen-bond donors (Lipinski definition) is 3. The SMILES string of the molecule is NN=NC(=Nc1cccc(Cl)c1Cl)c1cc(-c2ccc(CO)cc2)cnc1N. The number of anilines is 1. The van der Waals surface area contributed by atoms with Crippen molar-refractivity contribution in [1.82, 2.24) is 4.98 Å². The summed E-state index contributed by atoms with van der Waals surface area (Å²) in [6.07, 6.45) is 1.64. The minimum atomic E-state index is -0.0282. The molecule has 3 aromatic rings. The number of nitrogen functional groups attached to an aromatic ring is 1. The van der Waals surface area contributed by atoms with Gasteiger partial charge in [-0.25, -0.2) is 9.98 Å². The maximum absolute atomic E-state index is 9.19. The van der Waals surface area contributed by atoms with Gasteiger partial charge < -0.3 is 16.7 Å². The van der Waals surface area contributed by atoms with Gasteiger partial charge in [0.1, 0.15) is 5.82 Å². The van der Waals surface area contributed by atoms with Crippen LogP contribution in [0.4, 0.5) is 11.5 Å². The molecule has 0 fully saturated rings. The lowest BCUT2D eigenvalue weighted by Crippen LogP contribution is -2.05. The number of aliphatic imine (C=N–C) groups is 1. The lowest BCUT2D eigenvalue weighted by atomic mass is 10.0. The Balaban J connectivity index is 2.10. The van der Waals surface area contributed by atoms with Crippen LogP contribution in [0, 0.1) is 0 Å². The first-order valence-corrected chi connectivity index (χ1v) is 8.88. The Morgan fingerprint density at radius 3 is 2.50 bits per heavy atom. The highest BCUT2D eigenvalue weighted by atomic mass is 35.5. The fourth-order valence-corrected chi connectivity index (χ4v) is 2.84. The standard InChI is InChI=1S/C19H16Cl2N6O/c20-15-2-1-3-16(17(15)21)25-19(26-27-23)14-8-13(9-24-18(14)22)12-6-4-11(10-28)5-7-12/h1-9,28H,10H2,(H2,22,24)(H2,23,25,26). The summed E-state index contributed by atoms with van der Waals surface area (Å²) in [5, 5.41) is 17.0. The molecule has 28 heavy (non-hydrogen) atoms. The van der Waals surface area contributed by atoms with E-state index in [4.69, 9.17) is 34.8 Å². The van der Waals surface area contributed by atoms with Gasteiger partial charge in [-0.3, -0.25) is 0 Å². The van der Waals surface area contributed by atoms with Crippen molar-refractivity contribution in [3.8, 4) is 11.1 Å². The van der Waals surface area contributed by atoms with Crippen LogP contribution in [0.15, 0.2) is 70.1 Å². The maximum atomic E-state index is 9.19. The Labute approximate surface area is 171 Å². The number of aliphatic hydroxyl groups is 1. The number of hydrogen-bond acceptors (Lipinski definition) is 5. The number of nitrogens with zero attached hydrogens (tertiary/aromatic N) is 4. The molecule has 0 spiro atoms. The summed E-state index contributed by atoms with van der Waals surface area (Å²) in [5.74, 6) is 5.61. The van der Waals surface area contributed by atoms with Gasteiger partial charge in [-0.05, 0) is 29.3 Å². The second kappa shape index (κ2) is 8.79. The molecule has 0 radical (unpaired) electrons. The van der Waals surface area contributed by atoms with Gasteiger partial charge in [-0.2, -0.15) is 0 Å². The van der Waals surface area contributed by atoms with E-state index in [1.54, 1.807) is 30.5 Å². The normalized spacial score (nSPS) is 11.9. The molecule has 142 valence electrons. The zero-order valence-electron chi connectivity index (χ0n) is 14.5. The predicted octanol–water partition coefficient (Wildman–Crippen LogP) is 4.53. The fourth-order valence-electron chi connectivity index (χ4n) is 2.50. The van der Waals surface area contributed by atoms with Gasteiger partial charge in [0.05, 0.1) is 27.9 Å². The molecular formula is C19H16Cl2N6O. The Morgan fingerprint density at radius 2 is 1.82 bits per heavy atom. The summed E-state index contributed by atoms with van der Waals surface area (Å²) in [6.45, 7) is -0.0282. The topological polar surface area (TPSA) is 122 Å². The van der Waals surface area contributed by atoms with Crippen molar-refractivity contribution in [3.63, 3.8) is 0 Å². The smallest absolute Gasteiger partial charge is 0.187 e. The molecule has 0 aliphatic heterocycles. The van der Waals surface area contributed by atoms with Crippen LogP contribution in [0.25, 0.3) is 11.1 Å². The van der Waals surface area contributed by atoms with E-state index in [1.165, 1.54) is 0 Å². The van der Waals surface area contributed by atoms with E-state index in [-0.39, 0.29) is 23.3 Å². The zero-order valence-corrected chi connectivity index (χ0v) is 16.1. The summed E-state index contributed by atoms with van der Waals surface area (Å²) in [7, 11) is 0. The number of nitrogens with two attached hydrogens (primary N) is 2. The van der Waals surface area contributed by atoms with Gasteiger partial charge in [0, 0.05) is 11.8 Å². The number of aromatic nitrogens is 1. The van der Waals surface area contributed by atoms with E-state index < -0.39 is 0 Å². The number of rotatable bonds is 4. The second-order valence-electron chi connectivity index (χ2n) is 5.74. The van der Waals surface area contributed by atoms with Crippen LogP contribution >= 0.6 is 23.2 Å². The van der Waals surface area contributed by atoms with E-state index >= 15 is 0 Å². The highest BCUT2D eigenvalue weighted by Gasteiger charge is 2.13. The highest BCUT2D eigenvalue weighted by molar-refractivity contribution is 6.43. The molecule has 0 aliphatic carbocycles. The molecule has 0 atom stereocenters. The quantitative estimate of drug-likeness (QED) is 0.190.